The van der Waals surface area contributed by atoms with Crippen molar-refractivity contribution in [2.75, 3.05) is 33.8 Å². The van der Waals surface area contributed by atoms with Crippen molar-refractivity contribution in [3.8, 4) is 0 Å². The van der Waals surface area contributed by atoms with Crippen molar-refractivity contribution >= 4 is 0 Å². The molecule has 17 heavy (non-hydrogen) atoms. The van der Waals surface area contributed by atoms with Crippen LogP contribution in [0.2, 0.25) is 0 Å². The first kappa shape index (κ1) is 12.6. The maximum atomic E-state index is 5.89. The van der Waals surface area contributed by atoms with Gasteiger partial charge in [0.2, 0.25) is 0 Å². The highest BCUT2D eigenvalue weighted by Crippen LogP contribution is 2.25. The van der Waals surface area contributed by atoms with Gasteiger partial charge in [-0.05, 0) is 26.6 Å². The van der Waals surface area contributed by atoms with E-state index in [9.17, 15) is 0 Å². The second-order valence-electron chi connectivity index (χ2n) is 4.94. The third-order valence-electron chi connectivity index (χ3n) is 3.25. The molecule has 0 bridgehead atoms. The number of morpholine rings is 1. The molecule has 1 aromatic carbocycles. The van der Waals surface area contributed by atoms with Gasteiger partial charge in [0.25, 0.3) is 0 Å². The van der Waals surface area contributed by atoms with Crippen LogP contribution in [0, 0.1) is 6.92 Å². The van der Waals surface area contributed by atoms with Gasteiger partial charge in [0.05, 0.1) is 18.8 Å². The second kappa shape index (κ2) is 5.63. The number of aryl methyl sites for hydroxylation is 1. The van der Waals surface area contributed by atoms with Gasteiger partial charge in [0.15, 0.2) is 0 Å². The zero-order chi connectivity index (χ0) is 12.3. The predicted molar refractivity (Wildman–Crippen MR) is 70.2 cm³/mol. The minimum Gasteiger partial charge on any atom is -0.374 e. The highest BCUT2D eigenvalue weighted by molar-refractivity contribution is 5.26. The maximum Gasteiger partial charge on any atom is 0.0896 e. The van der Waals surface area contributed by atoms with E-state index < -0.39 is 0 Å². The van der Waals surface area contributed by atoms with E-state index in [1.807, 2.05) is 0 Å². The molecule has 2 rings (SSSR count). The molecule has 1 aliphatic heterocycles. The number of hydrogen-bond acceptors (Lipinski definition) is 3. The molecule has 0 saturated carbocycles. The minimum atomic E-state index is 0.237. The molecular formula is C14H22N2O. The average Bonchev–Trinajstić information content (AvgIpc) is 2.30. The summed E-state index contributed by atoms with van der Waals surface area (Å²) in [7, 11) is 4.23. The standard InChI is InChI=1S/C14H22N2O/c1-11-5-4-6-12(9-11)14(16(2)3)13-10-15-7-8-17-13/h4-6,9,13-15H,7-8,10H2,1-3H3. The first-order chi connectivity index (χ1) is 8.18. The van der Waals surface area contributed by atoms with Crippen LogP contribution in [0.25, 0.3) is 0 Å². The van der Waals surface area contributed by atoms with E-state index in [1.54, 1.807) is 0 Å². The second-order valence-corrected chi connectivity index (χ2v) is 4.94. The summed E-state index contributed by atoms with van der Waals surface area (Å²) in [5.41, 5.74) is 2.64. The molecule has 0 radical (unpaired) electrons. The molecule has 0 amide bonds. The zero-order valence-corrected chi connectivity index (χ0v) is 10.9. The van der Waals surface area contributed by atoms with Gasteiger partial charge >= 0.3 is 0 Å². The van der Waals surface area contributed by atoms with E-state index in [0.29, 0.717) is 6.04 Å². The van der Waals surface area contributed by atoms with Gasteiger partial charge in [0, 0.05) is 13.1 Å². The Labute approximate surface area is 104 Å². The molecule has 1 fully saturated rings. The lowest BCUT2D eigenvalue weighted by Crippen LogP contribution is -2.45. The molecule has 0 aliphatic carbocycles. The fraction of sp³-hybridized carbons (Fsp3) is 0.571. The van der Waals surface area contributed by atoms with Crippen LogP contribution in [0.15, 0.2) is 24.3 Å². The summed E-state index contributed by atoms with van der Waals surface area (Å²) < 4.78 is 5.89. The summed E-state index contributed by atoms with van der Waals surface area (Å²) >= 11 is 0. The van der Waals surface area contributed by atoms with Gasteiger partial charge in [-0.25, -0.2) is 0 Å². The Hall–Kier alpha value is -0.900. The van der Waals surface area contributed by atoms with Crippen molar-refractivity contribution in [1.82, 2.24) is 10.2 Å². The zero-order valence-electron chi connectivity index (χ0n) is 10.9. The Kier molecular flexibility index (Phi) is 4.15. The Morgan fingerprint density at radius 1 is 1.41 bits per heavy atom. The fourth-order valence-electron chi connectivity index (χ4n) is 2.49. The highest BCUT2D eigenvalue weighted by atomic mass is 16.5. The molecule has 1 saturated heterocycles. The van der Waals surface area contributed by atoms with Gasteiger partial charge in [-0.3, -0.25) is 0 Å². The normalized spacial score (nSPS) is 22.7. The van der Waals surface area contributed by atoms with E-state index in [2.05, 4.69) is 55.5 Å². The van der Waals surface area contributed by atoms with Crippen molar-refractivity contribution < 1.29 is 4.74 Å². The van der Waals surface area contributed by atoms with Crippen LogP contribution in [0.1, 0.15) is 17.2 Å². The lowest BCUT2D eigenvalue weighted by Gasteiger charge is -2.35. The molecule has 2 unspecified atom stereocenters. The third kappa shape index (κ3) is 3.06. The van der Waals surface area contributed by atoms with Crippen LogP contribution in [0.5, 0.6) is 0 Å². The number of ether oxygens (including phenoxy) is 1. The molecule has 1 aliphatic rings. The third-order valence-corrected chi connectivity index (χ3v) is 3.25. The molecule has 3 heteroatoms. The Bertz CT molecular complexity index is 359. The fourth-order valence-corrected chi connectivity index (χ4v) is 2.49. The largest absolute Gasteiger partial charge is 0.374 e. The van der Waals surface area contributed by atoms with Gasteiger partial charge in [0.1, 0.15) is 0 Å². The molecule has 3 nitrogen and oxygen atoms in total. The number of likely N-dealkylation sites (N-methyl/N-ethyl adjacent to an activating group) is 1. The van der Waals surface area contributed by atoms with Crippen LogP contribution in [-0.4, -0.2) is 44.8 Å². The molecule has 1 aromatic rings. The van der Waals surface area contributed by atoms with E-state index in [0.717, 1.165) is 19.7 Å². The predicted octanol–water partition coefficient (Wildman–Crippen LogP) is 1.59. The van der Waals surface area contributed by atoms with Crippen LogP contribution in [-0.2, 0) is 4.74 Å². The van der Waals surface area contributed by atoms with Gasteiger partial charge in [-0.1, -0.05) is 29.8 Å². The Balaban J connectivity index is 2.21. The van der Waals surface area contributed by atoms with Crippen LogP contribution < -0.4 is 5.32 Å². The first-order valence-electron chi connectivity index (χ1n) is 6.24. The molecule has 94 valence electrons. The highest BCUT2D eigenvalue weighted by Gasteiger charge is 2.27. The molecular weight excluding hydrogens is 212 g/mol. The van der Waals surface area contributed by atoms with Crippen molar-refractivity contribution in [3.63, 3.8) is 0 Å². The summed E-state index contributed by atoms with van der Waals surface area (Å²) in [6, 6.07) is 9.02. The van der Waals surface area contributed by atoms with E-state index >= 15 is 0 Å². The lowest BCUT2D eigenvalue weighted by atomic mass is 9.98. The number of hydrogen-bond donors (Lipinski definition) is 1. The number of benzene rings is 1. The Morgan fingerprint density at radius 3 is 2.82 bits per heavy atom. The van der Waals surface area contributed by atoms with Crippen LogP contribution >= 0.6 is 0 Å². The molecule has 0 spiro atoms. The molecule has 1 N–H and O–H groups in total. The quantitative estimate of drug-likeness (QED) is 0.859. The summed E-state index contributed by atoms with van der Waals surface area (Å²) in [6.07, 6.45) is 0.237. The van der Waals surface area contributed by atoms with E-state index in [4.69, 9.17) is 4.74 Å². The first-order valence-corrected chi connectivity index (χ1v) is 6.24. The van der Waals surface area contributed by atoms with Crippen molar-refractivity contribution in [2.45, 2.75) is 19.1 Å². The summed E-state index contributed by atoms with van der Waals surface area (Å²) in [5.74, 6) is 0. The summed E-state index contributed by atoms with van der Waals surface area (Å²) in [6.45, 7) is 4.83. The van der Waals surface area contributed by atoms with Gasteiger partial charge in [-0.2, -0.15) is 0 Å². The van der Waals surface area contributed by atoms with Crippen LogP contribution in [0.3, 0.4) is 0 Å². The van der Waals surface area contributed by atoms with Gasteiger partial charge < -0.3 is 15.0 Å². The van der Waals surface area contributed by atoms with Crippen molar-refractivity contribution in [2.24, 2.45) is 0 Å². The topological polar surface area (TPSA) is 24.5 Å². The smallest absolute Gasteiger partial charge is 0.0896 e. The average molecular weight is 234 g/mol. The van der Waals surface area contributed by atoms with Crippen molar-refractivity contribution in [3.05, 3.63) is 35.4 Å². The number of nitrogens with zero attached hydrogens (tertiary/aromatic N) is 1. The number of rotatable bonds is 3. The molecule has 0 aromatic heterocycles. The Morgan fingerprint density at radius 2 is 2.24 bits per heavy atom. The molecule has 2 atom stereocenters. The van der Waals surface area contributed by atoms with E-state index in [-0.39, 0.29) is 6.10 Å². The lowest BCUT2D eigenvalue weighted by molar-refractivity contribution is -0.0211. The van der Waals surface area contributed by atoms with Gasteiger partial charge in [-0.15, -0.1) is 0 Å². The van der Waals surface area contributed by atoms with Crippen molar-refractivity contribution in [1.29, 1.82) is 0 Å². The summed E-state index contributed by atoms with van der Waals surface area (Å²) in [4.78, 5) is 2.24. The van der Waals surface area contributed by atoms with E-state index in [1.165, 1.54) is 11.1 Å². The summed E-state index contributed by atoms with van der Waals surface area (Å²) in [5, 5.41) is 3.40. The maximum absolute atomic E-state index is 5.89. The minimum absolute atomic E-state index is 0.237. The number of nitrogens with one attached hydrogen (secondary N) is 1. The van der Waals surface area contributed by atoms with Crippen LogP contribution in [0.4, 0.5) is 0 Å². The monoisotopic (exact) mass is 234 g/mol. The molecule has 1 heterocycles. The SMILES string of the molecule is Cc1cccc(C(C2CNCCO2)N(C)C)c1.